The van der Waals surface area contributed by atoms with Gasteiger partial charge in [0.15, 0.2) is 0 Å². The van der Waals surface area contributed by atoms with E-state index in [-0.39, 0.29) is 5.91 Å². The highest BCUT2D eigenvalue weighted by atomic mass is 16.5. The van der Waals surface area contributed by atoms with Gasteiger partial charge in [0, 0.05) is 43.0 Å². The average molecular weight is 383 g/mol. The molecule has 0 atom stereocenters. The summed E-state index contributed by atoms with van der Waals surface area (Å²) in [7, 11) is 1.62. The van der Waals surface area contributed by atoms with Gasteiger partial charge in [-0.15, -0.1) is 0 Å². The van der Waals surface area contributed by atoms with E-state index in [9.17, 15) is 4.79 Å². The Balaban J connectivity index is 1.79. The molecule has 3 rings (SSSR count). The Bertz CT molecular complexity index is 850. The molecule has 1 fully saturated rings. The molecule has 0 radical (unpaired) electrons. The molecule has 0 saturated carbocycles. The summed E-state index contributed by atoms with van der Waals surface area (Å²) in [4.78, 5) is 26.5. The summed E-state index contributed by atoms with van der Waals surface area (Å²) in [6, 6.07) is 7.37. The van der Waals surface area contributed by atoms with Gasteiger partial charge in [0.25, 0.3) is 5.91 Å². The number of hydrogen-bond donors (Lipinski definition) is 0. The van der Waals surface area contributed by atoms with Crippen molar-refractivity contribution in [3.8, 4) is 5.75 Å². The molecule has 6 nitrogen and oxygen atoms in total. The summed E-state index contributed by atoms with van der Waals surface area (Å²) in [5.74, 6) is 2.94. The number of methoxy groups -OCH3 is 1. The van der Waals surface area contributed by atoms with Crippen LogP contribution in [0.25, 0.3) is 0 Å². The van der Waals surface area contributed by atoms with E-state index in [0.29, 0.717) is 23.8 Å². The van der Waals surface area contributed by atoms with Gasteiger partial charge in [0.05, 0.1) is 7.11 Å². The number of aryl methyl sites for hydroxylation is 2. The van der Waals surface area contributed by atoms with Crippen LogP contribution >= 0.6 is 0 Å². The highest BCUT2D eigenvalue weighted by Crippen LogP contribution is 2.29. The fourth-order valence-corrected chi connectivity index (χ4v) is 3.89. The van der Waals surface area contributed by atoms with Gasteiger partial charge in [-0.2, -0.15) is 0 Å². The summed E-state index contributed by atoms with van der Waals surface area (Å²) in [5.41, 5.74) is 2.92. The molecule has 0 unspecified atom stereocenters. The van der Waals surface area contributed by atoms with Crippen molar-refractivity contribution in [2.45, 2.75) is 40.0 Å². The molecule has 1 aromatic carbocycles. The van der Waals surface area contributed by atoms with Gasteiger partial charge >= 0.3 is 0 Å². The lowest BCUT2D eigenvalue weighted by molar-refractivity contribution is 0.0766. The Labute approximate surface area is 167 Å². The minimum Gasteiger partial charge on any atom is -0.497 e. The lowest BCUT2D eigenvalue weighted by Gasteiger charge is -2.27. The van der Waals surface area contributed by atoms with E-state index in [4.69, 9.17) is 9.72 Å². The third-order valence-electron chi connectivity index (χ3n) is 5.20. The lowest BCUT2D eigenvalue weighted by Crippen LogP contribution is -2.35. The maximum absolute atomic E-state index is 13.0. The molecule has 1 saturated heterocycles. The van der Waals surface area contributed by atoms with Crippen molar-refractivity contribution in [3.05, 3.63) is 46.9 Å². The van der Waals surface area contributed by atoms with Crippen molar-refractivity contribution < 1.29 is 9.53 Å². The molecule has 1 aromatic heterocycles. The summed E-state index contributed by atoms with van der Waals surface area (Å²) in [5, 5.41) is 0. The lowest BCUT2D eigenvalue weighted by atomic mass is 10.0. The summed E-state index contributed by atoms with van der Waals surface area (Å²) >= 11 is 0. The minimum atomic E-state index is 0.0554. The quantitative estimate of drug-likeness (QED) is 0.809. The van der Waals surface area contributed by atoms with Gasteiger partial charge in [-0.1, -0.05) is 19.9 Å². The van der Waals surface area contributed by atoms with E-state index in [2.05, 4.69) is 30.7 Å². The van der Waals surface area contributed by atoms with Crippen molar-refractivity contribution >= 4 is 11.7 Å². The average Bonchev–Trinajstić information content (AvgIpc) is 2.92. The second kappa shape index (κ2) is 8.59. The molecular weight excluding hydrogens is 352 g/mol. The molecular formula is C22H30N4O2. The van der Waals surface area contributed by atoms with Crippen molar-refractivity contribution in [2.75, 3.05) is 38.2 Å². The molecule has 0 bridgehead atoms. The predicted octanol–water partition coefficient (Wildman–Crippen LogP) is 3.58. The number of rotatable bonds is 4. The van der Waals surface area contributed by atoms with Crippen molar-refractivity contribution in [2.24, 2.45) is 0 Å². The second-order valence-corrected chi connectivity index (χ2v) is 7.61. The summed E-state index contributed by atoms with van der Waals surface area (Å²) in [6.07, 6.45) is 0.912. The molecule has 1 aliphatic rings. The number of hydrogen-bond acceptors (Lipinski definition) is 5. The highest BCUT2D eigenvalue weighted by molar-refractivity contribution is 5.94. The van der Waals surface area contributed by atoms with Crippen molar-refractivity contribution in [1.29, 1.82) is 0 Å². The molecule has 6 heteroatoms. The molecule has 150 valence electrons. The Morgan fingerprint density at radius 2 is 1.89 bits per heavy atom. The topological polar surface area (TPSA) is 58.6 Å². The Kier molecular flexibility index (Phi) is 6.17. The van der Waals surface area contributed by atoms with Crippen LogP contribution in [0.2, 0.25) is 0 Å². The molecule has 0 spiro atoms. The number of carbonyl (C=O) groups excluding carboxylic acids is 1. The SMILES string of the molecule is COc1cccc(C(=O)N2CCCN(c3nc(C)nc(C)c3C(C)C)CC2)c1. The molecule has 2 heterocycles. The van der Waals surface area contributed by atoms with Gasteiger partial charge < -0.3 is 14.5 Å². The van der Waals surface area contributed by atoms with Crippen LogP contribution in [-0.4, -0.2) is 54.1 Å². The monoisotopic (exact) mass is 382 g/mol. The van der Waals surface area contributed by atoms with E-state index >= 15 is 0 Å². The molecule has 0 aliphatic carbocycles. The number of anilines is 1. The standard InChI is InChI=1S/C22H30N4O2/c1-15(2)20-16(3)23-17(4)24-21(20)25-10-7-11-26(13-12-25)22(27)18-8-6-9-19(14-18)28-5/h6,8-9,14-15H,7,10-13H2,1-5H3. The van der Waals surface area contributed by atoms with E-state index in [1.807, 2.05) is 30.0 Å². The van der Waals surface area contributed by atoms with E-state index < -0.39 is 0 Å². The third kappa shape index (κ3) is 4.26. The number of amides is 1. The first-order chi connectivity index (χ1) is 13.4. The van der Waals surface area contributed by atoms with Crippen LogP contribution in [0, 0.1) is 13.8 Å². The second-order valence-electron chi connectivity index (χ2n) is 7.61. The van der Waals surface area contributed by atoms with Crippen LogP contribution in [0.1, 0.15) is 53.6 Å². The number of carbonyl (C=O) groups is 1. The van der Waals surface area contributed by atoms with Gasteiger partial charge in [0.2, 0.25) is 0 Å². The molecule has 2 aromatic rings. The van der Waals surface area contributed by atoms with Gasteiger partial charge in [0.1, 0.15) is 17.4 Å². The Morgan fingerprint density at radius 1 is 1.11 bits per heavy atom. The van der Waals surface area contributed by atoms with E-state index in [0.717, 1.165) is 43.4 Å². The largest absolute Gasteiger partial charge is 0.497 e. The maximum atomic E-state index is 13.0. The van der Waals surface area contributed by atoms with Crippen LogP contribution in [0.3, 0.4) is 0 Å². The zero-order valence-electron chi connectivity index (χ0n) is 17.5. The predicted molar refractivity (Wildman–Crippen MR) is 111 cm³/mol. The molecule has 28 heavy (non-hydrogen) atoms. The van der Waals surface area contributed by atoms with Crippen molar-refractivity contribution in [3.63, 3.8) is 0 Å². The number of aromatic nitrogens is 2. The van der Waals surface area contributed by atoms with Gasteiger partial charge in [-0.25, -0.2) is 9.97 Å². The first-order valence-electron chi connectivity index (χ1n) is 9.94. The number of nitrogens with zero attached hydrogens (tertiary/aromatic N) is 4. The van der Waals surface area contributed by atoms with Crippen LogP contribution in [0.15, 0.2) is 24.3 Å². The summed E-state index contributed by atoms with van der Waals surface area (Å²) < 4.78 is 5.26. The van der Waals surface area contributed by atoms with E-state index in [1.54, 1.807) is 13.2 Å². The first kappa shape index (κ1) is 20.1. The maximum Gasteiger partial charge on any atom is 0.254 e. The van der Waals surface area contributed by atoms with Gasteiger partial charge in [-0.3, -0.25) is 4.79 Å². The highest BCUT2D eigenvalue weighted by Gasteiger charge is 2.24. The Hall–Kier alpha value is -2.63. The van der Waals surface area contributed by atoms with Crippen LogP contribution in [0.4, 0.5) is 5.82 Å². The first-order valence-corrected chi connectivity index (χ1v) is 9.94. The fourth-order valence-electron chi connectivity index (χ4n) is 3.89. The van der Waals surface area contributed by atoms with Crippen molar-refractivity contribution in [1.82, 2.24) is 14.9 Å². The third-order valence-corrected chi connectivity index (χ3v) is 5.20. The van der Waals surface area contributed by atoms with Gasteiger partial charge in [-0.05, 0) is 44.4 Å². The molecule has 1 aliphatic heterocycles. The summed E-state index contributed by atoms with van der Waals surface area (Å²) in [6.45, 7) is 11.4. The molecule has 1 amide bonds. The van der Waals surface area contributed by atoms with Crippen LogP contribution in [0.5, 0.6) is 5.75 Å². The normalized spacial score (nSPS) is 14.9. The minimum absolute atomic E-state index is 0.0554. The zero-order chi connectivity index (χ0) is 20.3. The smallest absolute Gasteiger partial charge is 0.254 e. The molecule has 0 N–H and O–H groups in total. The number of benzene rings is 1. The van der Waals surface area contributed by atoms with Crippen LogP contribution in [-0.2, 0) is 0 Å². The number of ether oxygens (including phenoxy) is 1. The van der Waals surface area contributed by atoms with Crippen LogP contribution < -0.4 is 9.64 Å². The Morgan fingerprint density at radius 3 is 2.61 bits per heavy atom. The van der Waals surface area contributed by atoms with E-state index in [1.165, 1.54) is 5.56 Å². The fraction of sp³-hybridized carbons (Fsp3) is 0.500. The zero-order valence-corrected chi connectivity index (χ0v) is 17.5.